The molecule has 0 aromatic heterocycles. The summed E-state index contributed by atoms with van der Waals surface area (Å²) in [5, 5.41) is 2.66. The summed E-state index contributed by atoms with van der Waals surface area (Å²) in [5.74, 6) is -1.74. The minimum Gasteiger partial charge on any atom is -0.490 e. The maximum Gasteiger partial charge on any atom is 0.339 e. The van der Waals surface area contributed by atoms with E-state index in [9.17, 15) is 19.2 Å². The number of urea groups is 1. The van der Waals surface area contributed by atoms with Crippen LogP contribution in [0.5, 0.6) is 11.5 Å². The molecule has 0 bridgehead atoms. The number of hydrogen-bond acceptors (Lipinski definition) is 6. The van der Waals surface area contributed by atoms with Gasteiger partial charge in [0.15, 0.2) is 11.5 Å². The first kappa shape index (κ1) is 23.2. The first-order valence-electron chi connectivity index (χ1n) is 9.99. The zero-order chi connectivity index (χ0) is 22.5. The quantitative estimate of drug-likeness (QED) is 0.487. The minimum atomic E-state index is -1.05. The predicted octanol–water partition coefficient (Wildman–Crippen LogP) is 2.47. The van der Waals surface area contributed by atoms with Crippen LogP contribution in [0.2, 0.25) is 0 Å². The lowest BCUT2D eigenvalue weighted by atomic mass is 10.1. The van der Waals surface area contributed by atoms with Crippen LogP contribution < -0.4 is 19.7 Å². The Kier molecular flexibility index (Phi) is 7.42. The molecule has 0 aliphatic carbocycles. The number of nitrogens with zero attached hydrogens (tertiary/aromatic N) is 2. The van der Waals surface area contributed by atoms with Crippen molar-refractivity contribution in [3.05, 3.63) is 18.2 Å². The van der Waals surface area contributed by atoms with Gasteiger partial charge in [0.1, 0.15) is 6.54 Å². The summed E-state index contributed by atoms with van der Waals surface area (Å²) in [6.07, 6.45) is 1.56. The second-order valence-corrected chi connectivity index (χ2v) is 7.94. The van der Waals surface area contributed by atoms with Crippen molar-refractivity contribution in [2.75, 3.05) is 24.7 Å². The molecular weight excluding hydrogens is 390 g/mol. The summed E-state index contributed by atoms with van der Waals surface area (Å²) in [5.41, 5.74) is -0.362. The number of imide groups is 2. The summed E-state index contributed by atoms with van der Waals surface area (Å²) in [6.45, 7) is 9.61. The molecule has 1 N–H and O–H groups in total. The lowest BCUT2D eigenvalue weighted by molar-refractivity contribution is -0.140. The molecule has 1 fully saturated rings. The number of carbonyl (C=O) groups is 4. The van der Waals surface area contributed by atoms with Crippen LogP contribution in [0.25, 0.3) is 0 Å². The van der Waals surface area contributed by atoms with Gasteiger partial charge in [-0.15, -0.1) is 0 Å². The molecule has 9 heteroatoms. The van der Waals surface area contributed by atoms with Crippen LogP contribution in [0.3, 0.4) is 0 Å². The zero-order valence-electron chi connectivity index (χ0n) is 18.1. The Morgan fingerprint density at radius 2 is 1.57 bits per heavy atom. The first-order chi connectivity index (χ1) is 14.1. The zero-order valence-corrected chi connectivity index (χ0v) is 18.1. The summed E-state index contributed by atoms with van der Waals surface area (Å²) in [7, 11) is 0. The fraction of sp³-hybridized carbons (Fsp3) is 0.524. The molecule has 0 unspecified atom stereocenters. The lowest BCUT2D eigenvalue weighted by Crippen LogP contribution is -2.47. The highest BCUT2D eigenvalue weighted by atomic mass is 16.5. The fourth-order valence-corrected chi connectivity index (χ4v) is 2.77. The van der Waals surface area contributed by atoms with E-state index >= 15 is 0 Å². The van der Waals surface area contributed by atoms with Gasteiger partial charge in [0.05, 0.1) is 18.9 Å². The molecule has 1 saturated heterocycles. The van der Waals surface area contributed by atoms with Crippen molar-refractivity contribution in [3.8, 4) is 11.5 Å². The summed E-state index contributed by atoms with van der Waals surface area (Å²) < 4.78 is 11.3. The molecule has 0 spiro atoms. The van der Waals surface area contributed by atoms with Crippen molar-refractivity contribution in [3.63, 3.8) is 0 Å². The van der Waals surface area contributed by atoms with Gasteiger partial charge in [0.25, 0.3) is 0 Å². The summed E-state index contributed by atoms with van der Waals surface area (Å²) in [6, 6.07) is 3.71. The van der Waals surface area contributed by atoms with E-state index < -0.39 is 35.8 Å². The standard InChI is InChI=1S/C21H29N3O6/c1-6-10-29-15-9-8-14(12-16(15)30-11-7-2)24-19(27)18(26)23(20(24)28)13-17(25)22-21(3,4)5/h8-9,12H,6-7,10-11,13H2,1-5H3,(H,22,25). The molecule has 1 aromatic carbocycles. The summed E-state index contributed by atoms with van der Waals surface area (Å²) in [4.78, 5) is 51.1. The second kappa shape index (κ2) is 9.60. The molecule has 1 aliphatic rings. The third kappa shape index (κ3) is 5.49. The van der Waals surface area contributed by atoms with Crippen molar-refractivity contribution in [1.82, 2.24) is 10.2 Å². The molecule has 0 radical (unpaired) electrons. The van der Waals surface area contributed by atoms with Crippen molar-refractivity contribution in [2.24, 2.45) is 0 Å². The monoisotopic (exact) mass is 419 g/mol. The number of carbonyl (C=O) groups excluding carboxylic acids is 4. The molecule has 5 amide bonds. The van der Waals surface area contributed by atoms with Crippen LogP contribution >= 0.6 is 0 Å². The number of amides is 5. The molecule has 0 atom stereocenters. The maximum absolute atomic E-state index is 12.8. The largest absolute Gasteiger partial charge is 0.490 e. The topological polar surface area (TPSA) is 105 Å². The van der Waals surface area contributed by atoms with E-state index in [4.69, 9.17) is 9.47 Å². The average molecular weight is 419 g/mol. The highest BCUT2D eigenvalue weighted by Crippen LogP contribution is 2.34. The molecule has 1 heterocycles. The second-order valence-electron chi connectivity index (χ2n) is 7.94. The van der Waals surface area contributed by atoms with E-state index in [1.165, 1.54) is 12.1 Å². The van der Waals surface area contributed by atoms with Crippen molar-refractivity contribution in [1.29, 1.82) is 0 Å². The van der Waals surface area contributed by atoms with E-state index in [-0.39, 0.29) is 5.69 Å². The van der Waals surface area contributed by atoms with Crippen LogP contribution in [0.1, 0.15) is 47.5 Å². The molecular formula is C21H29N3O6. The Hall–Kier alpha value is -3.10. The van der Waals surface area contributed by atoms with E-state index in [2.05, 4.69) is 5.32 Å². The number of rotatable bonds is 9. The molecule has 1 aromatic rings. The average Bonchev–Trinajstić information content (AvgIpc) is 2.87. The Labute approximate surface area is 176 Å². The smallest absolute Gasteiger partial charge is 0.339 e. The van der Waals surface area contributed by atoms with Gasteiger partial charge >= 0.3 is 17.8 Å². The highest BCUT2D eigenvalue weighted by Gasteiger charge is 2.46. The predicted molar refractivity (Wildman–Crippen MR) is 111 cm³/mol. The summed E-state index contributed by atoms with van der Waals surface area (Å²) >= 11 is 0. The number of nitrogens with one attached hydrogen (secondary N) is 1. The maximum atomic E-state index is 12.8. The van der Waals surface area contributed by atoms with E-state index in [0.29, 0.717) is 29.6 Å². The Morgan fingerprint density at radius 3 is 2.13 bits per heavy atom. The van der Waals surface area contributed by atoms with Crippen molar-refractivity contribution in [2.45, 2.75) is 53.0 Å². The van der Waals surface area contributed by atoms with Crippen molar-refractivity contribution < 1.29 is 28.7 Å². The van der Waals surface area contributed by atoms with Crippen LogP contribution in [0, 0.1) is 0 Å². The third-order valence-corrected chi connectivity index (χ3v) is 3.98. The van der Waals surface area contributed by atoms with Crippen LogP contribution in [-0.2, 0) is 14.4 Å². The van der Waals surface area contributed by atoms with Gasteiger partial charge in [-0.1, -0.05) is 13.8 Å². The van der Waals surface area contributed by atoms with E-state index in [1.807, 2.05) is 13.8 Å². The van der Waals surface area contributed by atoms with Gasteiger partial charge in [0, 0.05) is 11.6 Å². The molecule has 30 heavy (non-hydrogen) atoms. The third-order valence-electron chi connectivity index (χ3n) is 3.98. The van der Waals surface area contributed by atoms with Crippen molar-refractivity contribution >= 4 is 29.4 Å². The number of benzene rings is 1. The Bertz CT molecular complexity index is 831. The van der Waals surface area contributed by atoms with E-state index in [0.717, 1.165) is 17.7 Å². The van der Waals surface area contributed by atoms with Gasteiger partial charge < -0.3 is 14.8 Å². The molecule has 2 rings (SSSR count). The Balaban J connectivity index is 2.27. The van der Waals surface area contributed by atoms with Gasteiger partial charge in [-0.3, -0.25) is 14.4 Å². The fourth-order valence-electron chi connectivity index (χ4n) is 2.77. The Morgan fingerprint density at radius 1 is 0.967 bits per heavy atom. The molecule has 9 nitrogen and oxygen atoms in total. The lowest BCUT2D eigenvalue weighted by Gasteiger charge is -2.22. The van der Waals surface area contributed by atoms with Crippen LogP contribution in [0.15, 0.2) is 18.2 Å². The molecule has 164 valence electrons. The molecule has 0 saturated carbocycles. The van der Waals surface area contributed by atoms with E-state index in [1.54, 1.807) is 26.8 Å². The van der Waals surface area contributed by atoms with Gasteiger partial charge in [-0.25, -0.2) is 14.6 Å². The van der Waals surface area contributed by atoms with Crippen LogP contribution in [-0.4, -0.2) is 54.0 Å². The van der Waals surface area contributed by atoms with Gasteiger partial charge in [-0.05, 0) is 45.7 Å². The van der Waals surface area contributed by atoms with Gasteiger partial charge in [0.2, 0.25) is 5.91 Å². The highest BCUT2D eigenvalue weighted by molar-refractivity contribution is 6.53. The number of anilines is 1. The van der Waals surface area contributed by atoms with Gasteiger partial charge in [-0.2, -0.15) is 0 Å². The SMILES string of the molecule is CCCOc1ccc(N2C(=O)C(=O)N(CC(=O)NC(C)(C)C)C2=O)cc1OCCC. The number of ether oxygens (including phenoxy) is 2. The number of hydrogen-bond donors (Lipinski definition) is 1. The molecule has 1 aliphatic heterocycles. The van der Waals surface area contributed by atoms with Crippen LogP contribution in [0.4, 0.5) is 10.5 Å². The minimum absolute atomic E-state index is 0.173. The normalized spacial score (nSPS) is 14.4. The first-order valence-corrected chi connectivity index (χ1v) is 9.99.